The van der Waals surface area contributed by atoms with Gasteiger partial charge in [0, 0.05) is 18.3 Å². The average Bonchev–Trinajstić information content (AvgIpc) is 3.03. The smallest absolute Gasteiger partial charge is 0.245 e. The number of likely N-dealkylation sites (tertiary alicyclic amines) is 1. The van der Waals surface area contributed by atoms with E-state index in [1.54, 1.807) is 9.58 Å². The summed E-state index contributed by atoms with van der Waals surface area (Å²) in [6.07, 6.45) is 1.67. The van der Waals surface area contributed by atoms with Crippen molar-refractivity contribution in [1.29, 1.82) is 0 Å². The molecule has 1 N–H and O–H groups in total. The van der Waals surface area contributed by atoms with E-state index in [4.69, 9.17) is 0 Å². The molecule has 6 heteroatoms. The monoisotopic (exact) mass is 276 g/mol. The molecule has 2 fully saturated rings. The molecule has 0 aliphatic carbocycles. The van der Waals surface area contributed by atoms with Gasteiger partial charge in [-0.3, -0.25) is 14.3 Å². The van der Waals surface area contributed by atoms with E-state index in [0.717, 1.165) is 24.2 Å². The van der Waals surface area contributed by atoms with Crippen molar-refractivity contribution < 1.29 is 9.59 Å². The van der Waals surface area contributed by atoms with Crippen molar-refractivity contribution in [1.82, 2.24) is 20.0 Å². The quantitative estimate of drug-likeness (QED) is 0.855. The number of nitrogens with one attached hydrogen (secondary N) is 1. The summed E-state index contributed by atoms with van der Waals surface area (Å²) in [7, 11) is 0. The van der Waals surface area contributed by atoms with Crippen LogP contribution in [0.2, 0.25) is 0 Å². The van der Waals surface area contributed by atoms with Gasteiger partial charge in [0.2, 0.25) is 11.8 Å². The third-order valence-electron chi connectivity index (χ3n) is 4.44. The SMILES string of the molecule is CCc1c(C)nn(CC(=O)N2C[C@@H]3C[C@H]2C(=O)N3)c1C. The number of amides is 2. The largest absolute Gasteiger partial charge is 0.350 e. The molecular formula is C14H20N4O2. The third kappa shape index (κ3) is 1.90. The Hall–Kier alpha value is -1.85. The summed E-state index contributed by atoms with van der Waals surface area (Å²) in [5.74, 6) is -0.0298. The molecule has 2 aliphatic heterocycles. The van der Waals surface area contributed by atoms with E-state index < -0.39 is 0 Å². The molecule has 2 amide bonds. The first kappa shape index (κ1) is 13.1. The number of fused-ring (bicyclic) bond motifs is 2. The molecule has 2 aliphatic rings. The number of piperazine rings is 1. The van der Waals surface area contributed by atoms with E-state index >= 15 is 0 Å². The minimum atomic E-state index is -0.268. The lowest BCUT2D eigenvalue weighted by molar-refractivity contribution is -0.140. The summed E-state index contributed by atoms with van der Waals surface area (Å²) in [6.45, 7) is 6.91. The van der Waals surface area contributed by atoms with Crippen LogP contribution in [0.4, 0.5) is 0 Å². The van der Waals surface area contributed by atoms with Gasteiger partial charge in [-0.1, -0.05) is 6.92 Å². The number of hydrogen-bond acceptors (Lipinski definition) is 3. The van der Waals surface area contributed by atoms with Gasteiger partial charge < -0.3 is 10.2 Å². The number of carbonyl (C=O) groups is 2. The fourth-order valence-corrected chi connectivity index (χ4v) is 3.38. The summed E-state index contributed by atoms with van der Waals surface area (Å²) in [5.41, 5.74) is 3.24. The van der Waals surface area contributed by atoms with Crippen LogP contribution in [-0.2, 0) is 22.6 Å². The second-order valence-corrected chi connectivity index (χ2v) is 5.66. The van der Waals surface area contributed by atoms with Crippen molar-refractivity contribution in [2.45, 2.75) is 52.2 Å². The van der Waals surface area contributed by atoms with E-state index in [0.29, 0.717) is 6.54 Å². The number of aromatic nitrogens is 2. The average molecular weight is 276 g/mol. The lowest BCUT2D eigenvalue weighted by Crippen LogP contribution is -2.51. The first-order valence-electron chi connectivity index (χ1n) is 7.14. The van der Waals surface area contributed by atoms with Gasteiger partial charge in [-0.05, 0) is 32.3 Å². The summed E-state index contributed by atoms with van der Waals surface area (Å²) in [6, 6.07) is -0.127. The van der Waals surface area contributed by atoms with Gasteiger partial charge in [0.15, 0.2) is 0 Å². The van der Waals surface area contributed by atoms with Crippen LogP contribution in [0.15, 0.2) is 0 Å². The molecule has 2 atom stereocenters. The van der Waals surface area contributed by atoms with Crippen LogP contribution in [0.25, 0.3) is 0 Å². The lowest BCUT2D eigenvalue weighted by Gasteiger charge is -2.26. The molecule has 1 aromatic heterocycles. The van der Waals surface area contributed by atoms with Gasteiger partial charge >= 0.3 is 0 Å². The molecule has 0 spiro atoms. The van der Waals surface area contributed by atoms with Crippen LogP contribution in [0, 0.1) is 13.8 Å². The fourth-order valence-electron chi connectivity index (χ4n) is 3.38. The predicted octanol–water partition coefficient (Wildman–Crippen LogP) is 0.162. The molecular weight excluding hydrogens is 256 g/mol. The summed E-state index contributed by atoms with van der Waals surface area (Å²) in [5, 5.41) is 7.32. The number of nitrogens with zero attached hydrogens (tertiary/aromatic N) is 3. The Labute approximate surface area is 118 Å². The minimum absolute atomic E-state index is 0.0133. The van der Waals surface area contributed by atoms with Crippen LogP contribution in [0.1, 0.15) is 30.3 Å². The number of carbonyl (C=O) groups excluding carboxylic acids is 2. The number of aryl methyl sites for hydroxylation is 1. The van der Waals surface area contributed by atoms with E-state index in [1.807, 2.05) is 13.8 Å². The maximum Gasteiger partial charge on any atom is 0.245 e. The van der Waals surface area contributed by atoms with Crippen molar-refractivity contribution in [3.05, 3.63) is 17.0 Å². The van der Waals surface area contributed by atoms with E-state index in [2.05, 4.69) is 17.3 Å². The van der Waals surface area contributed by atoms with Gasteiger partial charge in [0.05, 0.1) is 5.69 Å². The van der Waals surface area contributed by atoms with Crippen LogP contribution in [0.5, 0.6) is 0 Å². The van der Waals surface area contributed by atoms with Crippen molar-refractivity contribution in [2.24, 2.45) is 0 Å². The number of hydrogen-bond donors (Lipinski definition) is 1. The maximum absolute atomic E-state index is 12.4. The lowest BCUT2D eigenvalue weighted by atomic mass is 10.1. The van der Waals surface area contributed by atoms with Gasteiger partial charge in [-0.15, -0.1) is 0 Å². The Morgan fingerprint density at radius 3 is 2.75 bits per heavy atom. The Kier molecular flexibility index (Phi) is 3.03. The highest BCUT2D eigenvalue weighted by atomic mass is 16.2. The highest BCUT2D eigenvalue weighted by molar-refractivity contribution is 5.91. The molecule has 3 heterocycles. The van der Waals surface area contributed by atoms with Crippen molar-refractivity contribution in [2.75, 3.05) is 6.54 Å². The van der Waals surface area contributed by atoms with Gasteiger partial charge in [0.25, 0.3) is 0 Å². The second kappa shape index (κ2) is 4.61. The van der Waals surface area contributed by atoms with Crippen LogP contribution >= 0.6 is 0 Å². The van der Waals surface area contributed by atoms with Gasteiger partial charge in [-0.25, -0.2) is 0 Å². The van der Waals surface area contributed by atoms with E-state index in [1.165, 1.54) is 5.56 Å². The molecule has 108 valence electrons. The third-order valence-corrected chi connectivity index (χ3v) is 4.44. The van der Waals surface area contributed by atoms with Crippen LogP contribution in [-0.4, -0.2) is 45.1 Å². The zero-order valence-electron chi connectivity index (χ0n) is 12.1. The van der Waals surface area contributed by atoms with Crippen LogP contribution in [0.3, 0.4) is 0 Å². The molecule has 0 unspecified atom stereocenters. The molecule has 2 bridgehead atoms. The zero-order valence-corrected chi connectivity index (χ0v) is 12.1. The van der Waals surface area contributed by atoms with Gasteiger partial charge in [0.1, 0.15) is 12.6 Å². The molecule has 2 saturated heterocycles. The molecule has 6 nitrogen and oxygen atoms in total. The molecule has 3 rings (SSSR count). The Balaban J connectivity index is 1.75. The fraction of sp³-hybridized carbons (Fsp3) is 0.643. The second-order valence-electron chi connectivity index (χ2n) is 5.66. The molecule has 1 aromatic rings. The predicted molar refractivity (Wildman–Crippen MR) is 73.1 cm³/mol. The standard InChI is InChI=1S/C14H20N4O2/c1-4-11-8(2)16-18(9(11)3)7-13(19)17-6-10-5-12(17)14(20)15-10/h10,12H,4-7H2,1-3H3,(H,15,20)/t10-,12-/m0/s1. The maximum atomic E-state index is 12.4. The highest BCUT2D eigenvalue weighted by Gasteiger charge is 2.46. The molecule has 20 heavy (non-hydrogen) atoms. The van der Waals surface area contributed by atoms with Crippen molar-refractivity contribution in [3.63, 3.8) is 0 Å². The number of rotatable bonds is 3. The first-order chi connectivity index (χ1) is 9.51. The van der Waals surface area contributed by atoms with E-state index in [9.17, 15) is 9.59 Å². The van der Waals surface area contributed by atoms with Crippen LogP contribution < -0.4 is 5.32 Å². The van der Waals surface area contributed by atoms with Crippen molar-refractivity contribution >= 4 is 11.8 Å². The summed E-state index contributed by atoms with van der Waals surface area (Å²) in [4.78, 5) is 25.7. The summed E-state index contributed by atoms with van der Waals surface area (Å²) < 4.78 is 1.76. The highest BCUT2D eigenvalue weighted by Crippen LogP contribution is 2.25. The zero-order chi connectivity index (χ0) is 14.4. The first-order valence-corrected chi connectivity index (χ1v) is 7.14. The molecule has 0 saturated carbocycles. The Morgan fingerprint density at radius 2 is 2.20 bits per heavy atom. The Bertz CT molecular complexity index is 578. The normalized spacial score (nSPS) is 24.4. The van der Waals surface area contributed by atoms with Crippen molar-refractivity contribution in [3.8, 4) is 0 Å². The van der Waals surface area contributed by atoms with E-state index in [-0.39, 0.29) is 30.4 Å². The molecule has 0 radical (unpaired) electrons. The minimum Gasteiger partial charge on any atom is -0.350 e. The molecule has 0 aromatic carbocycles. The topological polar surface area (TPSA) is 67.2 Å². The van der Waals surface area contributed by atoms with Gasteiger partial charge in [-0.2, -0.15) is 5.10 Å². The Morgan fingerprint density at radius 1 is 1.45 bits per heavy atom. The summed E-state index contributed by atoms with van der Waals surface area (Å²) >= 11 is 0.